The maximum Gasteiger partial charge on any atom is 0.223 e. The lowest BCUT2D eigenvalue weighted by Crippen LogP contribution is -2.32. The Labute approximate surface area is 196 Å². The molecule has 0 amide bonds. The van der Waals surface area contributed by atoms with E-state index >= 15 is 0 Å². The van der Waals surface area contributed by atoms with Gasteiger partial charge in [0.25, 0.3) is 0 Å². The molecule has 1 aromatic carbocycles. The average Bonchev–Trinajstić information content (AvgIpc) is 3.41. The normalized spacial score (nSPS) is 21.5. The van der Waals surface area contributed by atoms with Crippen molar-refractivity contribution >= 4 is 22.5 Å². The van der Waals surface area contributed by atoms with Crippen LogP contribution in [-0.2, 0) is 18.6 Å². The lowest BCUT2D eigenvalue weighted by Gasteiger charge is -2.35. The van der Waals surface area contributed by atoms with Crippen molar-refractivity contribution in [3.8, 4) is 0 Å². The Balaban J connectivity index is 1.51. The minimum absolute atomic E-state index is 0.107. The van der Waals surface area contributed by atoms with Crippen LogP contribution >= 0.6 is 0 Å². The Morgan fingerprint density at radius 2 is 2.09 bits per heavy atom. The van der Waals surface area contributed by atoms with Crippen LogP contribution in [0, 0.1) is 5.82 Å². The number of aryl methyl sites for hydroxylation is 1. The van der Waals surface area contributed by atoms with E-state index in [0.29, 0.717) is 53.7 Å². The third-order valence-corrected chi connectivity index (χ3v) is 6.65. The number of rotatable bonds is 5. The molecule has 1 aliphatic rings. The van der Waals surface area contributed by atoms with Gasteiger partial charge >= 0.3 is 0 Å². The maximum absolute atomic E-state index is 14.3. The first-order valence-corrected chi connectivity index (χ1v) is 11.7. The highest BCUT2D eigenvalue weighted by Crippen LogP contribution is 2.43. The molecule has 1 saturated carbocycles. The summed E-state index contributed by atoms with van der Waals surface area (Å²) in [5, 5.41) is 31.1. The van der Waals surface area contributed by atoms with Gasteiger partial charge in [-0.2, -0.15) is 9.61 Å². The van der Waals surface area contributed by atoms with Crippen molar-refractivity contribution in [3.05, 3.63) is 47.3 Å². The van der Waals surface area contributed by atoms with Crippen LogP contribution in [0.5, 0.6) is 0 Å². The van der Waals surface area contributed by atoms with Gasteiger partial charge in [0.05, 0.1) is 29.5 Å². The number of benzene rings is 1. The Morgan fingerprint density at radius 3 is 2.82 bits per heavy atom. The summed E-state index contributed by atoms with van der Waals surface area (Å²) in [6.45, 7) is 5.71. The van der Waals surface area contributed by atoms with E-state index < -0.39 is 11.2 Å². The molecule has 4 aromatic rings. The van der Waals surface area contributed by atoms with E-state index in [0.717, 1.165) is 18.4 Å². The quantitative estimate of drug-likeness (QED) is 0.412. The average molecular weight is 468 g/mol. The minimum atomic E-state index is -1.08. The van der Waals surface area contributed by atoms with Crippen LogP contribution in [0.15, 0.2) is 24.5 Å². The Morgan fingerprint density at radius 1 is 1.29 bits per heavy atom. The first-order chi connectivity index (χ1) is 16.1. The summed E-state index contributed by atoms with van der Waals surface area (Å²) in [4.78, 5) is 9.23. The fourth-order valence-corrected chi connectivity index (χ4v) is 5.05. The number of nitrogens with zero attached hydrogens (tertiary/aromatic N) is 6. The molecule has 1 fully saturated rings. The predicted octanol–water partition coefficient (Wildman–Crippen LogP) is 3.07. The van der Waals surface area contributed by atoms with Gasteiger partial charge in [0.1, 0.15) is 5.82 Å². The predicted molar refractivity (Wildman–Crippen MR) is 126 cm³/mol. The van der Waals surface area contributed by atoms with Crippen LogP contribution in [0.2, 0.25) is 0 Å². The van der Waals surface area contributed by atoms with Gasteiger partial charge in [-0.3, -0.25) is 4.68 Å². The number of nitrogens with two attached hydrogens (primary N) is 1. The molecule has 5 rings (SSSR count). The van der Waals surface area contributed by atoms with Gasteiger partial charge in [-0.25, -0.2) is 14.4 Å². The number of hydrogen-bond donors (Lipinski definition) is 3. The lowest BCUT2D eigenvalue weighted by molar-refractivity contribution is -0.00967. The summed E-state index contributed by atoms with van der Waals surface area (Å²) in [5.41, 5.74) is 6.80. The van der Waals surface area contributed by atoms with E-state index in [1.165, 1.54) is 16.6 Å². The van der Waals surface area contributed by atoms with Crippen molar-refractivity contribution in [1.29, 1.82) is 0 Å². The van der Waals surface area contributed by atoms with Crippen LogP contribution in [0.1, 0.15) is 69.3 Å². The number of fused-ring (bicyclic) bond motifs is 3. The van der Waals surface area contributed by atoms with Crippen LogP contribution in [0.4, 0.5) is 10.3 Å². The van der Waals surface area contributed by atoms with Crippen molar-refractivity contribution < 1.29 is 14.6 Å². The molecule has 0 unspecified atom stereocenters. The number of anilines is 1. The SMILES string of the molecule is CCc1cc(F)cc2c1nc(N)n1nc([C@H]3CCC[C@@](O)(c4cnn(CC(C)(C)O)c4)C3)nc21. The van der Waals surface area contributed by atoms with Gasteiger partial charge in [0, 0.05) is 23.1 Å². The zero-order valence-electron chi connectivity index (χ0n) is 19.7. The van der Waals surface area contributed by atoms with Gasteiger partial charge < -0.3 is 15.9 Å². The maximum atomic E-state index is 14.3. The van der Waals surface area contributed by atoms with Gasteiger partial charge in [0.15, 0.2) is 11.5 Å². The Kier molecular flexibility index (Phi) is 5.33. The van der Waals surface area contributed by atoms with Crippen molar-refractivity contribution in [3.63, 3.8) is 0 Å². The number of nitrogen functional groups attached to an aromatic ring is 1. The molecule has 3 aromatic heterocycles. The molecule has 0 bridgehead atoms. The summed E-state index contributed by atoms with van der Waals surface area (Å²) in [7, 11) is 0. The third-order valence-electron chi connectivity index (χ3n) is 6.65. The highest BCUT2D eigenvalue weighted by atomic mass is 19.1. The minimum Gasteiger partial charge on any atom is -0.389 e. The molecule has 0 saturated heterocycles. The fourth-order valence-electron chi connectivity index (χ4n) is 5.05. The number of aromatic nitrogens is 6. The number of aliphatic hydroxyl groups is 2. The molecule has 180 valence electrons. The van der Waals surface area contributed by atoms with Gasteiger partial charge in [-0.05, 0) is 63.6 Å². The van der Waals surface area contributed by atoms with E-state index in [2.05, 4.69) is 15.2 Å². The van der Waals surface area contributed by atoms with E-state index in [1.54, 1.807) is 30.9 Å². The first-order valence-electron chi connectivity index (χ1n) is 11.7. The number of halogens is 1. The zero-order valence-corrected chi connectivity index (χ0v) is 19.7. The largest absolute Gasteiger partial charge is 0.389 e. The Bertz CT molecular complexity index is 1370. The molecule has 34 heavy (non-hydrogen) atoms. The molecule has 1 aliphatic carbocycles. The highest BCUT2D eigenvalue weighted by Gasteiger charge is 2.39. The van der Waals surface area contributed by atoms with Gasteiger partial charge in [0.2, 0.25) is 5.95 Å². The van der Waals surface area contributed by atoms with Crippen molar-refractivity contribution in [2.75, 3.05) is 5.73 Å². The zero-order chi connectivity index (χ0) is 24.3. The molecular weight excluding hydrogens is 437 g/mol. The monoisotopic (exact) mass is 467 g/mol. The topological polar surface area (TPSA) is 127 Å². The van der Waals surface area contributed by atoms with Crippen LogP contribution in [-0.4, -0.2) is 45.2 Å². The summed E-state index contributed by atoms with van der Waals surface area (Å²) < 4.78 is 17.4. The second-order valence-electron chi connectivity index (χ2n) is 10.1. The standard InChI is InChI=1S/C24H30FN7O2/c1-4-14-8-17(25)9-18-19(14)28-22(26)32-21(18)29-20(30-32)15-6-5-7-24(34,10-15)16-11-27-31(12-16)13-23(2,3)33/h8-9,11-12,15,33-34H,4-7,10,13H2,1-3H3,(H2,26,28)/t15-,24-/m0/s1. The molecule has 10 heteroatoms. The number of hydrogen-bond acceptors (Lipinski definition) is 7. The second kappa shape index (κ2) is 7.99. The summed E-state index contributed by atoms with van der Waals surface area (Å²) in [6.07, 6.45) is 6.71. The fraction of sp³-hybridized carbons (Fsp3) is 0.500. The summed E-state index contributed by atoms with van der Waals surface area (Å²) >= 11 is 0. The van der Waals surface area contributed by atoms with Crippen molar-refractivity contribution in [2.24, 2.45) is 0 Å². The molecule has 9 nitrogen and oxygen atoms in total. The van der Waals surface area contributed by atoms with Crippen LogP contribution in [0.3, 0.4) is 0 Å². The first kappa shape index (κ1) is 22.7. The molecule has 0 spiro atoms. The van der Waals surface area contributed by atoms with Crippen LogP contribution < -0.4 is 5.73 Å². The van der Waals surface area contributed by atoms with Crippen LogP contribution in [0.25, 0.3) is 16.6 Å². The van der Waals surface area contributed by atoms with Crippen molar-refractivity contribution in [1.82, 2.24) is 29.4 Å². The highest BCUT2D eigenvalue weighted by molar-refractivity contribution is 5.94. The molecule has 4 N–H and O–H groups in total. The van der Waals surface area contributed by atoms with Gasteiger partial charge in [-0.1, -0.05) is 6.92 Å². The molecule has 0 radical (unpaired) electrons. The second-order valence-corrected chi connectivity index (χ2v) is 10.1. The smallest absolute Gasteiger partial charge is 0.223 e. The molecular formula is C24H30FN7O2. The molecule has 0 aliphatic heterocycles. The third kappa shape index (κ3) is 4.01. The van der Waals surface area contributed by atoms with Gasteiger partial charge in [-0.15, -0.1) is 5.10 Å². The molecule has 2 atom stereocenters. The Hall–Kier alpha value is -3.11. The summed E-state index contributed by atoms with van der Waals surface area (Å²) in [5.74, 6) is 0.300. The van der Waals surface area contributed by atoms with E-state index in [1.807, 2.05) is 6.92 Å². The van der Waals surface area contributed by atoms with E-state index in [-0.39, 0.29) is 17.7 Å². The lowest BCUT2D eigenvalue weighted by atomic mass is 9.75. The van der Waals surface area contributed by atoms with E-state index in [4.69, 9.17) is 10.7 Å². The van der Waals surface area contributed by atoms with E-state index in [9.17, 15) is 14.6 Å². The summed E-state index contributed by atoms with van der Waals surface area (Å²) in [6, 6.07) is 2.89. The molecule has 3 heterocycles. The van der Waals surface area contributed by atoms with Crippen molar-refractivity contribution in [2.45, 2.75) is 76.5 Å².